The van der Waals surface area contributed by atoms with Gasteiger partial charge in [-0.05, 0) is 49.2 Å². The second kappa shape index (κ2) is 8.43. The van der Waals surface area contributed by atoms with Gasteiger partial charge in [0.15, 0.2) is 0 Å². The summed E-state index contributed by atoms with van der Waals surface area (Å²) in [6.45, 7) is 0.956. The van der Waals surface area contributed by atoms with Crippen molar-refractivity contribution in [2.75, 3.05) is 29.4 Å². The summed E-state index contributed by atoms with van der Waals surface area (Å²) >= 11 is 0. The number of amides is 2. The van der Waals surface area contributed by atoms with E-state index < -0.39 is 10.0 Å². The Morgan fingerprint density at radius 1 is 1.00 bits per heavy atom. The van der Waals surface area contributed by atoms with Crippen LogP contribution in [-0.2, 0) is 14.8 Å². The number of carbonyl (C=O) groups excluding carboxylic acids is 2. The van der Waals surface area contributed by atoms with Crippen molar-refractivity contribution < 1.29 is 18.0 Å². The largest absolute Gasteiger partial charge is 0.338 e. The molecule has 1 fully saturated rings. The molecule has 1 unspecified atom stereocenters. The third kappa shape index (κ3) is 5.32. The number of hydrogen-bond acceptors (Lipinski definition) is 4. The van der Waals surface area contributed by atoms with Crippen molar-refractivity contribution in [2.24, 2.45) is 5.92 Å². The van der Waals surface area contributed by atoms with Crippen LogP contribution in [0.4, 0.5) is 11.4 Å². The molecule has 2 aromatic carbocycles. The Hall–Kier alpha value is -2.87. The van der Waals surface area contributed by atoms with Crippen LogP contribution in [0.3, 0.4) is 0 Å². The number of rotatable bonds is 5. The maximum atomic E-state index is 12.8. The molecular weight excluding hydrogens is 378 g/mol. The highest BCUT2D eigenvalue weighted by Gasteiger charge is 2.29. The number of nitrogens with one attached hydrogen (secondary N) is 2. The standard InChI is InChI=1S/C20H23N3O4S/c1-28(26,27)22-18-11-9-15(10-12-18)20(25)23-13-5-6-16(14-23)19(24)21-17-7-3-2-4-8-17/h2-4,7-12,16,22H,5-6,13-14H2,1H3,(H,21,24). The molecule has 0 saturated carbocycles. The van der Waals surface area contributed by atoms with Gasteiger partial charge in [-0.1, -0.05) is 18.2 Å². The summed E-state index contributed by atoms with van der Waals surface area (Å²) in [4.78, 5) is 27.0. The summed E-state index contributed by atoms with van der Waals surface area (Å²) in [7, 11) is -3.36. The molecule has 3 rings (SSSR count). The van der Waals surface area contributed by atoms with E-state index in [4.69, 9.17) is 0 Å². The van der Waals surface area contributed by atoms with Crippen molar-refractivity contribution in [1.82, 2.24) is 4.90 Å². The molecule has 28 heavy (non-hydrogen) atoms. The lowest BCUT2D eigenvalue weighted by Gasteiger charge is -2.32. The summed E-state index contributed by atoms with van der Waals surface area (Å²) in [6, 6.07) is 15.5. The monoisotopic (exact) mass is 401 g/mol. The van der Waals surface area contributed by atoms with Crippen LogP contribution >= 0.6 is 0 Å². The summed E-state index contributed by atoms with van der Waals surface area (Å²) < 4.78 is 24.9. The van der Waals surface area contributed by atoms with Crippen LogP contribution in [-0.4, -0.2) is 44.5 Å². The number of nitrogens with zero attached hydrogens (tertiary/aromatic N) is 1. The van der Waals surface area contributed by atoms with Gasteiger partial charge >= 0.3 is 0 Å². The third-order valence-corrected chi connectivity index (χ3v) is 5.16. The van der Waals surface area contributed by atoms with Gasteiger partial charge in [-0.25, -0.2) is 8.42 Å². The summed E-state index contributed by atoms with van der Waals surface area (Å²) in [5.41, 5.74) is 1.60. The van der Waals surface area contributed by atoms with E-state index in [2.05, 4.69) is 10.0 Å². The zero-order chi connectivity index (χ0) is 20.1. The molecule has 1 atom stereocenters. The highest BCUT2D eigenvalue weighted by atomic mass is 32.2. The second-order valence-electron chi connectivity index (χ2n) is 6.90. The molecule has 7 nitrogen and oxygen atoms in total. The fourth-order valence-corrected chi connectivity index (χ4v) is 3.78. The first-order valence-electron chi connectivity index (χ1n) is 9.05. The first kappa shape index (κ1) is 19.9. The number of para-hydroxylation sites is 1. The predicted molar refractivity (Wildman–Crippen MR) is 109 cm³/mol. The van der Waals surface area contributed by atoms with Crippen molar-refractivity contribution >= 4 is 33.2 Å². The van der Waals surface area contributed by atoms with Crippen LogP contribution in [0.25, 0.3) is 0 Å². The average Bonchev–Trinajstić information content (AvgIpc) is 2.68. The van der Waals surface area contributed by atoms with Crippen molar-refractivity contribution in [3.63, 3.8) is 0 Å². The SMILES string of the molecule is CS(=O)(=O)Nc1ccc(C(=O)N2CCCC(C(=O)Nc3ccccc3)C2)cc1. The molecule has 0 bridgehead atoms. The van der Waals surface area contributed by atoms with Crippen LogP contribution in [0.15, 0.2) is 54.6 Å². The quantitative estimate of drug-likeness (QED) is 0.805. The van der Waals surface area contributed by atoms with Crippen LogP contribution in [0.5, 0.6) is 0 Å². The highest BCUT2D eigenvalue weighted by molar-refractivity contribution is 7.92. The highest BCUT2D eigenvalue weighted by Crippen LogP contribution is 2.21. The minimum Gasteiger partial charge on any atom is -0.338 e. The van der Waals surface area contributed by atoms with E-state index in [0.29, 0.717) is 24.3 Å². The van der Waals surface area contributed by atoms with Gasteiger partial charge in [-0.2, -0.15) is 0 Å². The first-order valence-corrected chi connectivity index (χ1v) is 10.9. The number of carbonyl (C=O) groups is 2. The topological polar surface area (TPSA) is 95.6 Å². The molecule has 0 radical (unpaired) electrons. The molecule has 0 aromatic heterocycles. The minimum absolute atomic E-state index is 0.0867. The van der Waals surface area contributed by atoms with E-state index in [9.17, 15) is 18.0 Å². The lowest BCUT2D eigenvalue weighted by atomic mass is 9.96. The Bertz CT molecular complexity index is 943. The number of sulfonamides is 1. The van der Waals surface area contributed by atoms with E-state index in [1.165, 1.54) is 0 Å². The Morgan fingerprint density at radius 3 is 2.32 bits per heavy atom. The number of hydrogen-bond donors (Lipinski definition) is 2. The van der Waals surface area contributed by atoms with Gasteiger partial charge in [-0.3, -0.25) is 14.3 Å². The van der Waals surface area contributed by atoms with Crippen molar-refractivity contribution in [1.29, 1.82) is 0 Å². The Kier molecular flexibility index (Phi) is 5.99. The van der Waals surface area contributed by atoms with Gasteiger partial charge in [0.05, 0.1) is 12.2 Å². The van der Waals surface area contributed by atoms with Crippen LogP contribution < -0.4 is 10.0 Å². The van der Waals surface area contributed by atoms with E-state index in [0.717, 1.165) is 24.8 Å². The maximum absolute atomic E-state index is 12.8. The number of likely N-dealkylation sites (tertiary alicyclic amines) is 1. The Morgan fingerprint density at radius 2 is 1.68 bits per heavy atom. The van der Waals surface area contributed by atoms with Gasteiger partial charge < -0.3 is 10.2 Å². The molecule has 1 aliphatic heterocycles. The van der Waals surface area contributed by atoms with Crippen LogP contribution in [0.2, 0.25) is 0 Å². The van der Waals surface area contributed by atoms with Gasteiger partial charge in [0.25, 0.3) is 5.91 Å². The molecule has 2 aromatic rings. The molecular formula is C20H23N3O4S. The molecule has 2 amide bonds. The molecule has 0 aliphatic carbocycles. The van der Waals surface area contributed by atoms with Gasteiger partial charge in [0.1, 0.15) is 0 Å². The number of benzene rings is 2. The smallest absolute Gasteiger partial charge is 0.253 e. The summed E-state index contributed by atoms with van der Waals surface area (Å²) in [6.07, 6.45) is 2.56. The first-order chi connectivity index (χ1) is 13.3. The molecule has 8 heteroatoms. The minimum atomic E-state index is -3.36. The number of anilines is 2. The van der Waals surface area contributed by atoms with Gasteiger partial charge in [-0.15, -0.1) is 0 Å². The normalized spacial score (nSPS) is 17.0. The zero-order valence-corrected chi connectivity index (χ0v) is 16.4. The van der Waals surface area contributed by atoms with Gasteiger partial charge in [0, 0.05) is 30.0 Å². The van der Waals surface area contributed by atoms with Gasteiger partial charge in [0.2, 0.25) is 15.9 Å². The van der Waals surface area contributed by atoms with E-state index in [1.54, 1.807) is 29.2 Å². The van der Waals surface area contributed by atoms with Crippen molar-refractivity contribution in [2.45, 2.75) is 12.8 Å². The number of piperidine rings is 1. The Balaban J connectivity index is 1.63. The summed E-state index contributed by atoms with van der Waals surface area (Å²) in [5, 5.41) is 2.90. The van der Waals surface area contributed by atoms with E-state index in [1.807, 2.05) is 30.3 Å². The molecule has 1 heterocycles. The van der Waals surface area contributed by atoms with Crippen LogP contribution in [0.1, 0.15) is 23.2 Å². The van der Waals surface area contributed by atoms with Crippen LogP contribution in [0, 0.1) is 5.92 Å². The molecule has 1 aliphatic rings. The van der Waals surface area contributed by atoms with E-state index >= 15 is 0 Å². The fraction of sp³-hybridized carbons (Fsp3) is 0.300. The average molecular weight is 401 g/mol. The molecule has 2 N–H and O–H groups in total. The Labute approximate surface area is 164 Å². The van der Waals surface area contributed by atoms with E-state index in [-0.39, 0.29) is 17.7 Å². The third-order valence-electron chi connectivity index (χ3n) is 4.56. The molecule has 0 spiro atoms. The zero-order valence-electron chi connectivity index (χ0n) is 15.6. The molecule has 148 valence electrons. The summed E-state index contributed by atoms with van der Waals surface area (Å²) in [5.74, 6) is -0.511. The molecule has 1 saturated heterocycles. The predicted octanol–water partition coefficient (Wildman–Crippen LogP) is 2.55. The fourth-order valence-electron chi connectivity index (χ4n) is 3.22. The maximum Gasteiger partial charge on any atom is 0.253 e. The van der Waals surface area contributed by atoms with Crippen molar-refractivity contribution in [3.05, 3.63) is 60.2 Å². The second-order valence-corrected chi connectivity index (χ2v) is 8.65. The lowest BCUT2D eigenvalue weighted by Crippen LogP contribution is -2.43. The lowest BCUT2D eigenvalue weighted by molar-refractivity contribution is -0.121. The van der Waals surface area contributed by atoms with Crippen molar-refractivity contribution in [3.8, 4) is 0 Å².